The van der Waals surface area contributed by atoms with Crippen LogP contribution in [-0.4, -0.2) is 25.3 Å². The Balaban J connectivity index is 1.53. The van der Waals surface area contributed by atoms with Gasteiger partial charge in [-0.3, -0.25) is 4.57 Å². The average Bonchev–Trinajstić information content (AvgIpc) is 3.08. The summed E-state index contributed by atoms with van der Waals surface area (Å²) in [6.45, 7) is 0.368. The minimum atomic E-state index is -0.937. The zero-order valence-electron chi connectivity index (χ0n) is 12.1. The van der Waals surface area contributed by atoms with Crippen molar-refractivity contribution in [3.63, 3.8) is 0 Å². The second-order valence-electron chi connectivity index (χ2n) is 5.02. The van der Waals surface area contributed by atoms with E-state index in [1.165, 1.54) is 16.3 Å². The van der Waals surface area contributed by atoms with Gasteiger partial charge in [-0.2, -0.15) is 0 Å². The van der Waals surface area contributed by atoms with Gasteiger partial charge in [0, 0.05) is 30.6 Å². The minimum Gasteiger partial charge on any atom is -0.406 e. The first-order valence-corrected chi connectivity index (χ1v) is 8.02. The van der Waals surface area contributed by atoms with Gasteiger partial charge in [0.05, 0.1) is 11.0 Å². The van der Waals surface area contributed by atoms with Gasteiger partial charge < -0.3 is 9.40 Å². The van der Waals surface area contributed by atoms with E-state index in [9.17, 15) is 13.6 Å². The molecule has 9 heteroatoms. The lowest BCUT2D eigenvalue weighted by Gasteiger charge is -1.99. The summed E-state index contributed by atoms with van der Waals surface area (Å²) in [5.74, 6) is -1.83. The number of nitrogens with zero attached hydrogens (tertiary/aromatic N) is 3. The van der Waals surface area contributed by atoms with Crippen LogP contribution in [0.2, 0.25) is 0 Å². The molecule has 0 atom stereocenters. The van der Waals surface area contributed by atoms with Gasteiger partial charge in [0.1, 0.15) is 0 Å². The molecule has 1 N–H and O–H groups in total. The molecule has 4 rings (SSSR count). The van der Waals surface area contributed by atoms with Crippen LogP contribution in [-0.2, 0) is 6.54 Å². The summed E-state index contributed by atoms with van der Waals surface area (Å²) < 4.78 is 32.9. The Morgan fingerprint density at radius 1 is 1.29 bits per heavy atom. The molecule has 4 aromatic rings. The first-order chi connectivity index (χ1) is 11.6. The molecule has 0 unspecified atom stereocenters. The molecule has 6 nitrogen and oxygen atoms in total. The number of hydrogen-bond acceptors (Lipinski definition) is 5. The quantitative estimate of drug-likeness (QED) is 0.574. The van der Waals surface area contributed by atoms with Crippen molar-refractivity contribution in [3.05, 3.63) is 52.6 Å². The number of H-pyrrole nitrogens is 1. The molecule has 0 fully saturated rings. The van der Waals surface area contributed by atoms with Gasteiger partial charge in [-0.15, -0.1) is 0 Å². The van der Waals surface area contributed by atoms with Gasteiger partial charge in [0.15, 0.2) is 28.0 Å². The number of imidazole rings is 1. The van der Waals surface area contributed by atoms with Crippen molar-refractivity contribution >= 4 is 34.0 Å². The maximum absolute atomic E-state index is 13.2. The largest absolute Gasteiger partial charge is 0.421 e. The molecule has 0 saturated heterocycles. The maximum Gasteiger partial charge on any atom is 0.421 e. The van der Waals surface area contributed by atoms with Crippen LogP contribution >= 0.6 is 11.8 Å². The van der Waals surface area contributed by atoms with Crippen molar-refractivity contribution in [2.45, 2.75) is 11.7 Å². The van der Waals surface area contributed by atoms with Gasteiger partial charge in [0.2, 0.25) is 0 Å². The van der Waals surface area contributed by atoms with Crippen LogP contribution in [0.4, 0.5) is 8.78 Å². The number of thioether (sulfide) groups is 1. The topological polar surface area (TPSA) is 76.7 Å². The normalized spacial score (nSPS) is 11.6. The van der Waals surface area contributed by atoms with E-state index in [-0.39, 0.29) is 0 Å². The fourth-order valence-corrected chi connectivity index (χ4v) is 3.19. The number of pyridine rings is 1. The van der Waals surface area contributed by atoms with Gasteiger partial charge in [0.25, 0.3) is 0 Å². The highest BCUT2D eigenvalue weighted by Crippen LogP contribution is 2.22. The van der Waals surface area contributed by atoms with E-state index in [0.29, 0.717) is 39.7 Å². The number of hydrogen-bond donors (Lipinski definition) is 1. The van der Waals surface area contributed by atoms with E-state index in [1.807, 2.05) is 0 Å². The van der Waals surface area contributed by atoms with Crippen molar-refractivity contribution < 1.29 is 13.2 Å². The number of aromatic nitrogens is 4. The number of rotatable bonds is 4. The molecular weight excluding hydrogens is 338 g/mol. The fourth-order valence-electron chi connectivity index (χ4n) is 2.38. The molecule has 3 aromatic heterocycles. The molecule has 122 valence electrons. The molecule has 0 saturated carbocycles. The molecule has 0 bridgehead atoms. The maximum atomic E-state index is 13.2. The third-order valence-electron chi connectivity index (χ3n) is 3.48. The fraction of sp³-hybridized carbons (Fsp3) is 0.133. The number of aryl methyl sites for hydroxylation is 1. The molecule has 0 aliphatic heterocycles. The van der Waals surface area contributed by atoms with Crippen molar-refractivity contribution in [2.75, 3.05) is 5.75 Å². The van der Waals surface area contributed by atoms with Crippen LogP contribution in [0.15, 0.2) is 44.8 Å². The highest BCUT2D eigenvalue weighted by Gasteiger charge is 2.11. The predicted molar refractivity (Wildman–Crippen MR) is 85.0 cm³/mol. The molecule has 0 radical (unpaired) electrons. The molecule has 24 heavy (non-hydrogen) atoms. The van der Waals surface area contributed by atoms with E-state index >= 15 is 0 Å². The standard InChI is InChI=1S/C15H10F2N4O2S/c16-8-6-10-11(7-9(8)17)20-14(19-10)24-5-4-21-13-12(23-15(21)22)2-1-3-18-13/h1-3,6-7H,4-5H2,(H,19,20). The van der Waals surface area contributed by atoms with E-state index in [0.717, 1.165) is 12.1 Å². The summed E-state index contributed by atoms with van der Waals surface area (Å²) in [4.78, 5) is 23.1. The molecule has 0 amide bonds. The van der Waals surface area contributed by atoms with Crippen molar-refractivity contribution in [3.8, 4) is 0 Å². The third kappa shape index (κ3) is 2.56. The Bertz CT molecular complexity index is 1060. The summed E-state index contributed by atoms with van der Waals surface area (Å²) in [5, 5.41) is 0.517. The summed E-state index contributed by atoms with van der Waals surface area (Å²) in [6, 6.07) is 5.48. The van der Waals surface area contributed by atoms with Crippen LogP contribution < -0.4 is 5.76 Å². The second kappa shape index (κ2) is 5.75. The predicted octanol–water partition coefficient (Wildman–Crippen LogP) is 2.94. The van der Waals surface area contributed by atoms with Crippen molar-refractivity contribution in [1.82, 2.24) is 19.5 Å². The highest BCUT2D eigenvalue weighted by atomic mass is 32.2. The lowest BCUT2D eigenvalue weighted by Crippen LogP contribution is -2.15. The summed E-state index contributed by atoms with van der Waals surface area (Å²) in [6.07, 6.45) is 1.59. The molecular formula is C15H10F2N4O2S. The summed E-state index contributed by atoms with van der Waals surface area (Å²) >= 11 is 1.33. The monoisotopic (exact) mass is 348 g/mol. The van der Waals surface area contributed by atoms with Gasteiger partial charge >= 0.3 is 5.76 Å². The summed E-state index contributed by atoms with van der Waals surface area (Å²) in [5.41, 5.74) is 1.69. The smallest absolute Gasteiger partial charge is 0.406 e. The van der Waals surface area contributed by atoms with Crippen LogP contribution in [0.25, 0.3) is 22.3 Å². The Kier molecular flexibility index (Phi) is 3.57. The molecule has 0 spiro atoms. The average molecular weight is 348 g/mol. The molecule has 3 heterocycles. The zero-order valence-corrected chi connectivity index (χ0v) is 12.9. The van der Waals surface area contributed by atoms with E-state index in [4.69, 9.17) is 4.42 Å². The first-order valence-electron chi connectivity index (χ1n) is 7.04. The van der Waals surface area contributed by atoms with Crippen LogP contribution in [0.1, 0.15) is 0 Å². The van der Waals surface area contributed by atoms with Crippen molar-refractivity contribution in [2.24, 2.45) is 0 Å². The number of aromatic amines is 1. The first kappa shape index (κ1) is 14.9. The third-order valence-corrected chi connectivity index (χ3v) is 4.33. The second-order valence-corrected chi connectivity index (χ2v) is 6.10. The van der Waals surface area contributed by atoms with E-state index < -0.39 is 17.4 Å². The zero-order chi connectivity index (χ0) is 16.7. The lowest BCUT2D eigenvalue weighted by molar-refractivity contribution is 0.510. The molecule has 1 aromatic carbocycles. The van der Waals surface area contributed by atoms with Crippen LogP contribution in [0.3, 0.4) is 0 Å². The van der Waals surface area contributed by atoms with Crippen LogP contribution in [0.5, 0.6) is 0 Å². The minimum absolute atomic E-state index is 0.351. The summed E-state index contributed by atoms with van der Waals surface area (Å²) in [7, 11) is 0. The van der Waals surface area contributed by atoms with Gasteiger partial charge in [-0.1, -0.05) is 11.8 Å². The number of nitrogens with one attached hydrogen (secondary N) is 1. The van der Waals surface area contributed by atoms with E-state index in [2.05, 4.69) is 15.0 Å². The van der Waals surface area contributed by atoms with Gasteiger partial charge in [-0.05, 0) is 12.1 Å². The molecule has 0 aliphatic carbocycles. The SMILES string of the molecule is O=c1oc2cccnc2n1CCSc1nc2cc(F)c(F)cc2[nH]1. The van der Waals surface area contributed by atoms with Gasteiger partial charge in [-0.25, -0.2) is 23.5 Å². The number of oxazole rings is 1. The Hall–Kier alpha value is -2.68. The number of halogens is 2. The highest BCUT2D eigenvalue weighted by molar-refractivity contribution is 7.99. The Morgan fingerprint density at radius 3 is 3.00 bits per heavy atom. The Labute approximate surface area is 137 Å². The van der Waals surface area contributed by atoms with Crippen LogP contribution in [0, 0.1) is 11.6 Å². The molecule has 0 aliphatic rings. The lowest BCUT2D eigenvalue weighted by atomic mass is 10.3. The number of benzene rings is 1. The Morgan fingerprint density at radius 2 is 2.12 bits per heavy atom. The number of fused-ring (bicyclic) bond motifs is 2. The van der Waals surface area contributed by atoms with Crippen molar-refractivity contribution in [1.29, 1.82) is 0 Å². The van der Waals surface area contributed by atoms with E-state index in [1.54, 1.807) is 18.3 Å².